The van der Waals surface area contributed by atoms with E-state index in [1.807, 2.05) is 18.2 Å². The SMILES string of the molecule is O=C(NCCCOCC1CCOC1)c1cccc(Br)c1. The second kappa shape index (κ2) is 8.39. The van der Waals surface area contributed by atoms with Crippen molar-refractivity contribution in [2.75, 3.05) is 33.0 Å². The van der Waals surface area contributed by atoms with Crippen molar-refractivity contribution in [1.82, 2.24) is 5.32 Å². The summed E-state index contributed by atoms with van der Waals surface area (Å²) in [6, 6.07) is 7.37. The van der Waals surface area contributed by atoms with Gasteiger partial charge < -0.3 is 14.8 Å². The average molecular weight is 342 g/mol. The number of rotatable bonds is 7. The smallest absolute Gasteiger partial charge is 0.251 e. The first-order chi connectivity index (χ1) is 9.75. The predicted molar refractivity (Wildman–Crippen MR) is 80.8 cm³/mol. The molecule has 0 aromatic heterocycles. The van der Waals surface area contributed by atoms with Gasteiger partial charge in [-0.25, -0.2) is 0 Å². The van der Waals surface area contributed by atoms with E-state index in [0.29, 0.717) is 24.6 Å². The maximum Gasteiger partial charge on any atom is 0.251 e. The van der Waals surface area contributed by atoms with Gasteiger partial charge in [-0.05, 0) is 31.0 Å². The van der Waals surface area contributed by atoms with Gasteiger partial charge in [0.05, 0.1) is 13.2 Å². The third-order valence-electron chi connectivity index (χ3n) is 3.22. The first-order valence-electron chi connectivity index (χ1n) is 6.95. The second-order valence-corrected chi connectivity index (χ2v) is 5.84. The molecule has 0 radical (unpaired) electrons. The molecule has 5 heteroatoms. The van der Waals surface area contributed by atoms with E-state index in [9.17, 15) is 4.79 Å². The van der Waals surface area contributed by atoms with Gasteiger partial charge in [-0.15, -0.1) is 0 Å². The van der Waals surface area contributed by atoms with Gasteiger partial charge in [0, 0.05) is 35.7 Å². The Morgan fingerprint density at radius 3 is 3.15 bits per heavy atom. The monoisotopic (exact) mass is 341 g/mol. The molecule has 1 N–H and O–H groups in total. The minimum Gasteiger partial charge on any atom is -0.381 e. The van der Waals surface area contributed by atoms with Gasteiger partial charge in [0.15, 0.2) is 0 Å². The Hall–Kier alpha value is -0.910. The summed E-state index contributed by atoms with van der Waals surface area (Å²) in [7, 11) is 0. The van der Waals surface area contributed by atoms with Gasteiger partial charge in [-0.2, -0.15) is 0 Å². The highest BCUT2D eigenvalue weighted by Crippen LogP contribution is 2.12. The Kier molecular flexibility index (Phi) is 6.50. The standard InChI is InChI=1S/C15H20BrNO3/c16-14-4-1-3-13(9-14)15(18)17-6-2-7-19-10-12-5-8-20-11-12/h1,3-4,9,12H,2,5-8,10-11H2,(H,17,18). The van der Waals surface area contributed by atoms with E-state index in [1.165, 1.54) is 0 Å². The number of benzene rings is 1. The molecule has 1 atom stereocenters. The summed E-state index contributed by atoms with van der Waals surface area (Å²) in [5, 5.41) is 2.89. The van der Waals surface area contributed by atoms with Crippen LogP contribution in [0.4, 0.5) is 0 Å². The normalized spacial score (nSPS) is 18.1. The topological polar surface area (TPSA) is 47.6 Å². The van der Waals surface area contributed by atoms with Gasteiger partial charge in [-0.3, -0.25) is 4.79 Å². The lowest BCUT2D eigenvalue weighted by atomic mass is 10.1. The average Bonchev–Trinajstić information content (AvgIpc) is 2.95. The Bertz CT molecular complexity index is 433. The Labute approximate surface area is 128 Å². The number of carbonyl (C=O) groups excluding carboxylic acids is 1. The largest absolute Gasteiger partial charge is 0.381 e. The number of ether oxygens (including phenoxy) is 2. The maximum absolute atomic E-state index is 11.8. The van der Waals surface area contributed by atoms with Crippen LogP contribution in [-0.2, 0) is 9.47 Å². The van der Waals surface area contributed by atoms with Crippen molar-refractivity contribution in [2.45, 2.75) is 12.8 Å². The first-order valence-corrected chi connectivity index (χ1v) is 7.74. The summed E-state index contributed by atoms with van der Waals surface area (Å²) in [6.07, 6.45) is 1.92. The van der Waals surface area contributed by atoms with Crippen LogP contribution in [0.15, 0.2) is 28.7 Å². The van der Waals surface area contributed by atoms with Crippen molar-refractivity contribution in [2.24, 2.45) is 5.92 Å². The van der Waals surface area contributed by atoms with E-state index in [0.717, 1.165) is 37.1 Å². The number of halogens is 1. The molecule has 1 aliphatic heterocycles. The van der Waals surface area contributed by atoms with Crippen molar-refractivity contribution in [3.05, 3.63) is 34.3 Å². The molecule has 20 heavy (non-hydrogen) atoms. The van der Waals surface area contributed by atoms with Crippen LogP contribution in [0.5, 0.6) is 0 Å². The molecule has 1 amide bonds. The van der Waals surface area contributed by atoms with Crippen molar-refractivity contribution in [1.29, 1.82) is 0 Å². The number of hydrogen-bond acceptors (Lipinski definition) is 3. The molecule has 1 heterocycles. The molecular formula is C15H20BrNO3. The summed E-state index contributed by atoms with van der Waals surface area (Å²) in [5.41, 5.74) is 0.670. The molecule has 1 aliphatic rings. The Balaban J connectivity index is 1.55. The van der Waals surface area contributed by atoms with Crippen LogP contribution in [0.25, 0.3) is 0 Å². The fourth-order valence-corrected chi connectivity index (χ4v) is 2.47. The highest BCUT2D eigenvalue weighted by atomic mass is 79.9. The lowest BCUT2D eigenvalue weighted by Gasteiger charge is -2.09. The molecule has 0 spiro atoms. The highest BCUT2D eigenvalue weighted by Gasteiger charge is 2.15. The zero-order valence-electron chi connectivity index (χ0n) is 11.4. The predicted octanol–water partition coefficient (Wildman–Crippen LogP) is 2.62. The van der Waals surface area contributed by atoms with Gasteiger partial charge >= 0.3 is 0 Å². The minimum absolute atomic E-state index is 0.0458. The van der Waals surface area contributed by atoms with Crippen LogP contribution in [0.2, 0.25) is 0 Å². The third-order valence-corrected chi connectivity index (χ3v) is 3.71. The van der Waals surface area contributed by atoms with Crippen molar-refractivity contribution < 1.29 is 14.3 Å². The molecule has 0 aliphatic carbocycles. The molecule has 0 saturated carbocycles. The number of nitrogens with one attached hydrogen (secondary N) is 1. The van der Waals surface area contributed by atoms with Crippen molar-refractivity contribution >= 4 is 21.8 Å². The zero-order valence-corrected chi connectivity index (χ0v) is 13.0. The van der Waals surface area contributed by atoms with Crippen LogP contribution < -0.4 is 5.32 Å². The molecule has 4 nitrogen and oxygen atoms in total. The van der Waals surface area contributed by atoms with Gasteiger partial charge in [0.2, 0.25) is 0 Å². The summed E-state index contributed by atoms with van der Waals surface area (Å²) < 4.78 is 11.8. The molecule has 1 aromatic carbocycles. The summed E-state index contributed by atoms with van der Waals surface area (Å²) in [5.74, 6) is 0.502. The molecule has 0 bridgehead atoms. The van der Waals surface area contributed by atoms with Crippen LogP contribution in [0.3, 0.4) is 0 Å². The molecule has 1 fully saturated rings. The lowest BCUT2D eigenvalue weighted by Crippen LogP contribution is -2.25. The number of carbonyl (C=O) groups is 1. The van der Waals surface area contributed by atoms with E-state index in [2.05, 4.69) is 21.2 Å². The highest BCUT2D eigenvalue weighted by molar-refractivity contribution is 9.10. The van der Waals surface area contributed by atoms with Crippen molar-refractivity contribution in [3.63, 3.8) is 0 Å². The van der Waals surface area contributed by atoms with E-state index >= 15 is 0 Å². The van der Waals surface area contributed by atoms with Gasteiger partial charge in [0.25, 0.3) is 5.91 Å². The summed E-state index contributed by atoms with van der Waals surface area (Å²) >= 11 is 3.35. The fourth-order valence-electron chi connectivity index (χ4n) is 2.07. The molecule has 1 saturated heterocycles. The Morgan fingerprint density at radius 2 is 2.40 bits per heavy atom. The van der Waals surface area contributed by atoms with Crippen LogP contribution >= 0.6 is 15.9 Å². The summed E-state index contributed by atoms with van der Waals surface area (Å²) in [6.45, 7) is 3.75. The van der Waals surface area contributed by atoms with Crippen LogP contribution in [-0.4, -0.2) is 38.9 Å². The van der Waals surface area contributed by atoms with Crippen LogP contribution in [0, 0.1) is 5.92 Å². The molecule has 1 aromatic rings. The lowest BCUT2D eigenvalue weighted by molar-refractivity contribution is 0.0853. The van der Waals surface area contributed by atoms with E-state index in [4.69, 9.17) is 9.47 Å². The molecule has 110 valence electrons. The maximum atomic E-state index is 11.8. The van der Waals surface area contributed by atoms with E-state index in [-0.39, 0.29) is 5.91 Å². The first kappa shape index (κ1) is 15.5. The van der Waals surface area contributed by atoms with Gasteiger partial charge in [0.1, 0.15) is 0 Å². The Morgan fingerprint density at radius 1 is 1.50 bits per heavy atom. The fraction of sp³-hybridized carbons (Fsp3) is 0.533. The molecular weight excluding hydrogens is 322 g/mol. The van der Waals surface area contributed by atoms with E-state index < -0.39 is 0 Å². The summed E-state index contributed by atoms with van der Waals surface area (Å²) in [4.78, 5) is 11.8. The second-order valence-electron chi connectivity index (χ2n) is 4.92. The number of hydrogen-bond donors (Lipinski definition) is 1. The zero-order chi connectivity index (χ0) is 14.2. The van der Waals surface area contributed by atoms with Crippen LogP contribution in [0.1, 0.15) is 23.2 Å². The minimum atomic E-state index is -0.0458. The molecule has 2 rings (SSSR count). The van der Waals surface area contributed by atoms with Gasteiger partial charge in [-0.1, -0.05) is 22.0 Å². The van der Waals surface area contributed by atoms with Crippen molar-refractivity contribution in [3.8, 4) is 0 Å². The number of amides is 1. The third kappa shape index (κ3) is 5.23. The quantitative estimate of drug-likeness (QED) is 0.775. The van der Waals surface area contributed by atoms with E-state index in [1.54, 1.807) is 6.07 Å². The molecule has 1 unspecified atom stereocenters.